The number of benzene rings is 1. The summed E-state index contributed by atoms with van der Waals surface area (Å²) in [6, 6.07) is 11.3. The predicted molar refractivity (Wildman–Crippen MR) is 95.8 cm³/mol. The molecule has 23 heavy (non-hydrogen) atoms. The molecule has 0 spiro atoms. The average molecular weight is 330 g/mol. The van der Waals surface area contributed by atoms with Crippen molar-refractivity contribution in [3.05, 3.63) is 46.7 Å². The SMILES string of the molecule is CC(C)C(=O)Nc1ccc(NC(=O)CCCc2cccs2)cc1. The smallest absolute Gasteiger partial charge is 0.226 e. The minimum Gasteiger partial charge on any atom is -0.326 e. The number of aryl methyl sites for hydroxylation is 1. The third-order valence-electron chi connectivity index (χ3n) is 3.37. The fraction of sp³-hybridized carbons (Fsp3) is 0.333. The third kappa shape index (κ3) is 5.87. The summed E-state index contributed by atoms with van der Waals surface area (Å²) >= 11 is 1.72. The molecule has 0 aliphatic heterocycles. The van der Waals surface area contributed by atoms with Gasteiger partial charge in [0.25, 0.3) is 0 Å². The fourth-order valence-electron chi connectivity index (χ4n) is 2.02. The van der Waals surface area contributed by atoms with Crippen molar-refractivity contribution in [3.8, 4) is 0 Å². The van der Waals surface area contributed by atoms with E-state index in [1.54, 1.807) is 35.6 Å². The summed E-state index contributed by atoms with van der Waals surface area (Å²) in [5, 5.41) is 7.75. The van der Waals surface area contributed by atoms with E-state index in [4.69, 9.17) is 0 Å². The van der Waals surface area contributed by atoms with Gasteiger partial charge in [0.2, 0.25) is 11.8 Å². The van der Waals surface area contributed by atoms with Crippen LogP contribution in [0.4, 0.5) is 11.4 Å². The summed E-state index contributed by atoms with van der Waals surface area (Å²) in [4.78, 5) is 24.8. The summed E-state index contributed by atoms with van der Waals surface area (Å²) in [6.07, 6.45) is 2.28. The normalized spacial score (nSPS) is 10.6. The van der Waals surface area contributed by atoms with E-state index in [-0.39, 0.29) is 17.7 Å². The first-order valence-electron chi connectivity index (χ1n) is 7.78. The van der Waals surface area contributed by atoms with Crippen LogP contribution in [0.15, 0.2) is 41.8 Å². The van der Waals surface area contributed by atoms with E-state index in [1.165, 1.54) is 4.88 Å². The van der Waals surface area contributed by atoms with Crippen LogP contribution < -0.4 is 10.6 Å². The molecule has 0 saturated carbocycles. The van der Waals surface area contributed by atoms with Crippen molar-refractivity contribution in [2.24, 2.45) is 5.92 Å². The lowest BCUT2D eigenvalue weighted by Crippen LogP contribution is -2.17. The number of carbonyl (C=O) groups is 2. The van der Waals surface area contributed by atoms with Gasteiger partial charge in [-0.3, -0.25) is 9.59 Å². The molecule has 1 heterocycles. The highest BCUT2D eigenvalue weighted by Gasteiger charge is 2.07. The maximum absolute atomic E-state index is 11.9. The van der Waals surface area contributed by atoms with Gasteiger partial charge in [0.05, 0.1) is 0 Å². The van der Waals surface area contributed by atoms with Crippen LogP contribution in [-0.4, -0.2) is 11.8 Å². The molecule has 2 aromatic rings. The van der Waals surface area contributed by atoms with Crippen molar-refractivity contribution in [1.82, 2.24) is 0 Å². The third-order valence-corrected chi connectivity index (χ3v) is 4.30. The van der Waals surface area contributed by atoms with E-state index < -0.39 is 0 Å². The molecule has 1 aromatic carbocycles. The highest BCUT2D eigenvalue weighted by Crippen LogP contribution is 2.16. The quantitative estimate of drug-likeness (QED) is 0.795. The van der Waals surface area contributed by atoms with Crippen LogP contribution in [0.1, 0.15) is 31.6 Å². The monoisotopic (exact) mass is 330 g/mol. The number of amides is 2. The maximum Gasteiger partial charge on any atom is 0.226 e. The Morgan fingerprint density at radius 3 is 2.26 bits per heavy atom. The molecular weight excluding hydrogens is 308 g/mol. The molecule has 0 fully saturated rings. The van der Waals surface area contributed by atoms with Crippen LogP contribution in [0, 0.1) is 5.92 Å². The number of carbonyl (C=O) groups excluding carboxylic acids is 2. The van der Waals surface area contributed by atoms with Gasteiger partial charge in [-0.2, -0.15) is 0 Å². The Kier molecular flexibility index (Phi) is 6.35. The fourth-order valence-corrected chi connectivity index (χ4v) is 2.78. The molecular formula is C18H22N2O2S. The van der Waals surface area contributed by atoms with Gasteiger partial charge in [-0.1, -0.05) is 19.9 Å². The second kappa shape index (κ2) is 8.48. The van der Waals surface area contributed by atoms with E-state index in [0.717, 1.165) is 24.2 Å². The van der Waals surface area contributed by atoms with Crippen molar-refractivity contribution in [2.75, 3.05) is 10.6 Å². The zero-order valence-corrected chi connectivity index (χ0v) is 14.3. The molecule has 0 bridgehead atoms. The summed E-state index contributed by atoms with van der Waals surface area (Å²) in [7, 11) is 0. The first kappa shape index (κ1) is 17.2. The Bertz CT molecular complexity index is 634. The van der Waals surface area contributed by atoms with Crippen LogP contribution in [0.5, 0.6) is 0 Å². The Morgan fingerprint density at radius 2 is 1.70 bits per heavy atom. The minimum atomic E-state index is -0.0577. The van der Waals surface area contributed by atoms with E-state index in [1.807, 2.05) is 19.9 Å². The van der Waals surface area contributed by atoms with E-state index in [2.05, 4.69) is 22.1 Å². The number of nitrogens with one attached hydrogen (secondary N) is 2. The number of anilines is 2. The van der Waals surface area contributed by atoms with E-state index in [0.29, 0.717) is 6.42 Å². The Labute approximate surface area is 140 Å². The largest absolute Gasteiger partial charge is 0.326 e. The van der Waals surface area contributed by atoms with Crippen LogP contribution in [0.3, 0.4) is 0 Å². The van der Waals surface area contributed by atoms with E-state index in [9.17, 15) is 9.59 Å². The molecule has 122 valence electrons. The van der Waals surface area contributed by atoms with E-state index >= 15 is 0 Å². The summed E-state index contributed by atoms with van der Waals surface area (Å²) < 4.78 is 0. The molecule has 0 aliphatic carbocycles. The molecule has 2 amide bonds. The van der Waals surface area contributed by atoms with Crippen LogP contribution in [0.2, 0.25) is 0 Å². The van der Waals surface area contributed by atoms with Crippen molar-refractivity contribution in [1.29, 1.82) is 0 Å². The molecule has 0 atom stereocenters. The van der Waals surface area contributed by atoms with Crippen molar-refractivity contribution >= 4 is 34.5 Å². The molecule has 2 N–H and O–H groups in total. The predicted octanol–water partition coefficient (Wildman–Crippen LogP) is 4.30. The highest BCUT2D eigenvalue weighted by molar-refractivity contribution is 7.09. The molecule has 0 unspecified atom stereocenters. The lowest BCUT2D eigenvalue weighted by atomic mass is 10.2. The number of rotatable bonds is 7. The van der Waals surface area contributed by atoms with Gasteiger partial charge < -0.3 is 10.6 Å². The topological polar surface area (TPSA) is 58.2 Å². The van der Waals surface area contributed by atoms with Crippen molar-refractivity contribution in [2.45, 2.75) is 33.1 Å². The second-order valence-electron chi connectivity index (χ2n) is 5.70. The van der Waals surface area contributed by atoms with Crippen LogP contribution >= 0.6 is 11.3 Å². The highest BCUT2D eigenvalue weighted by atomic mass is 32.1. The summed E-state index contributed by atoms with van der Waals surface area (Å²) in [5.74, 6) is -0.0615. The number of hydrogen-bond acceptors (Lipinski definition) is 3. The van der Waals surface area contributed by atoms with Gasteiger partial charge in [0, 0.05) is 28.6 Å². The maximum atomic E-state index is 11.9. The zero-order valence-electron chi connectivity index (χ0n) is 13.5. The molecule has 1 aromatic heterocycles. The Morgan fingerprint density at radius 1 is 1.04 bits per heavy atom. The lowest BCUT2D eigenvalue weighted by Gasteiger charge is -2.09. The van der Waals surface area contributed by atoms with Gasteiger partial charge in [0.1, 0.15) is 0 Å². The van der Waals surface area contributed by atoms with Gasteiger partial charge >= 0.3 is 0 Å². The van der Waals surface area contributed by atoms with Crippen LogP contribution in [-0.2, 0) is 16.0 Å². The first-order valence-corrected chi connectivity index (χ1v) is 8.65. The van der Waals surface area contributed by atoms with Crippen molar-refractivity contribution in [3.63, 3.8) is 0 Å². The van der Waals surface area contributed by atoms with Crippen molar-refractivity contribution < 1.29 is 9.59 Å². The van der Waals surface area contributed by atoms with Gasteiger partial charge in [-0.05, 0) is 48.6 Å². The van der Waals surface area contributed by atoms with Gasteiger partial charge in [0.15, 0.2) is 0 Å². The lowest BCUT2D eigenvalue weighted by molar-refractivity contribution is -0.119. The molecule has 2 rings (SSSR count). The van der Waals surface area contributed by atoms with Crippen LogP contribution in [0.25, 0.3) is 0 Å². The molecule has 5 heteroatoms. The number of hydrogen-bond donors (Lipinski definition) is 2. The Hall–Kier alpha value is -2.14. The van der Waals surface area contributed by atoms with Gasteiger partial charge in [-0.15, -0.1) is 11.3 Å². The average Bonchev–Trinajstić information content (AvgIpc) is 3.02. The molecule has 4 nitrogen and oxygen atoms in total. The summed E-state index contributed by atoms with van der Waals surface area (Å²) in [5.41, 5.74) is 1.48. The summed E-state index contributed by atoms with van der Waals surface area (Å²) in [6.45, 7) is 3.69. The molecule has 0 aliphatic rings. The molecule has 0 radical (unpaired) electrons. The molecule has 0 saturated heterocycles. The standard InChI is InChI=1S/C18H22N2O2S/c1-13(2)18(22)20-15-10-8-14(9-11-15)19-17(21)7-3-5-16-6-4-12-23-16/h4,6,8-13H,3,5,7H2,1-2H3,(H,19,21)(H,20,22). The number of thiophene rings is 1. The Balaban J connectivity index is 1.76. The second-order valence-corrected chi connectivity index (χ2v) is 6.73. The zero-order chi connectivity index (χ0) is 16.7. The first-order chi connectivity index (χ1) is 11.0. The minimum absolute atomic E-state index is 0.0144. The van der Waals surface area contributed by atoms with Gasteiger partial charge in [-0.25, -0.2) is 0 Å².